The second-order valence-corrected chi connectivity index (χ2v) is 6.19. The van der Waals surface area contributed by atoms with Crippen LogP contribution in [-0.4, -0.2) is 29.9 Å². The van der Waals surface area contributed by atoms with Gasteiger partial charge in [0.1, 0.15) is 17.1 Å². The van der Waals surface area contributed by atoms with Crippen molar-refractivity contribution >= 4 is 34.7 Å². The second kappa shape index (κ2) is 7.03. The van der Waals surface area contributed by atoms with Gasteiger partial charge in [0, 0.05) is 5.56 Å². The summed E-state index contributed by atoms with van der Waals surface area (Å²) in [5.74, 6) is -0.498. The largest absolute Gasteiger partial charge is 0.496 e. The molecule has 0 unspecified atom stereocenters. The molecule has 4 rings (SSSR count). The molecule has 0 atom stereocenters. The van der Waals surface area contributed by atoms with E-state index in [0.29, 0.717) is 17.1 Å². The topological polar surface area (TPSA) is 88.8 Å². The van der Waals surface area contributed by atoms with Gasteiger partial charge in [-0.05, 0) is 35.0 Å². The predicted molar refractivity (Wildman–Crippen MR) is 101 cm³/mol. The van der Waals surface area contributed by atoms with Crippen molar-refractivity contribution in [3.05, 3.63) is 71.7 Å². The van der Waals surface area contributed by atoms with Crippen molar-refractivity contribution < 1.29 is 23.5 Å². The van der Waals surface area contributed by atoms with Gasteiger partial charge in [-0.3, -0.25) is 19.8 Å². The Bertz CT molecular complexity index is 1120. The minimum absolute atomic E-state index is 0.0744. The maximum Gasteiger partial charge on any atom is 0.331 e. The minimum Gasteiger partial charge on any atom is -0.496 e. The maximum absolute atomic E-state index is 12.9. The van der Waals surface area contributed by atoms with E-state index >= 15 is 0 Å². The molecule has 1 N–H and O–H groups in total. The number of carbonyl (C=O) groups excluding carboxylic acids is 3. The second-order valence-electron chi connectivity index (χ2n) is 6.19. The molecule has 7 nitrogen and oxygen atoms in total. The van der Waals surface area contributed by atoms with Crippen LogP contribution in [0.4, 0.5) is 4.79 Å². The molecule has 0 radical (unpaired) electrons. The molecule has 3 aromatic rings. The molecule has 2 aromatic carbocycles. The maximum atomic E-state index is 12.9. The molecule has 140 valence electrons. The number of benzene rings is 2. The summed E-state index contributed by atoms with van der Waals surface area (Å²) in [6.07, 6.45) is 2.91. The van der Waals surface area contributed by atoms with Gasteiger partial charge in [-0.1, -0.05) is 30.3 Å². The summed E-state index contributed by atoms with van der Waals surface area (Å²) in [5.41, 5.74) is 0.437. The van der Waals surface area contributed by atoms with E-state index in [9.17, 15) is 14.4 Å². The van der Waals surface area contributed by atoms with Crippen LogP contribution < -0.4 is 10.1 Å². The van der Waals surface area contributed by atoms with Gasteiger partial charge in [0.25, 0.3) is 11.8 Å². The number of nitrogens with zero attached hydrogens (tertiary/aromatic N) is 1. The van der Waals surface area contributed by atoms with Crippen molar-refractivity contribution in [1.82, 2.24) is 10.2 Å². The lowest BCUT2D eigenvalue weighted by molar-refractivity contribution is -0.130. The Morgan fingerprint density at radius 3 is 2.64 bits per heavy atom. The smallest absolute Gasteiger partial charge is 0.331 e. The Kier molecular flexibility index (Phi) is 4.41. The third-order valence-electron chi connectivity index (χ3n) is 4.52. The summed E-state index contributed by atoms with van der Waals surface area (Å²) >= 11 is 0. The molecular formula is C21H16N2O5. The van der Waals surface area contributed by atoms with Crippen LogP contribution in [0.3, 0.4) is 0 Å². The first-order valence-corrected chi connectivity index (χ1v) is 8.55. The SMILES string of the molecule is COc1ccc2ccccc2c1/C=C1\C(=O)NC(=O)N(Cc2ccco2)C1=O. The number of methoxy groups -OCH3 is 1. The lowest BCUT2D eigenvalue weighted by atomic mass is 10.00. The zero-order chi connectivity index (χ0) is 19.7. The van der Waals surface area contributed by atoms with Gasteiger partial charge in [-0.2, -0.15) is 0 Å². The van der Waals surface area contributed by atoms with E-state index in [0.717, 1.165) is 15.7 Å². The van der Waals surface area contributed by atoms with E-state index in [1.54, 1.807) is 18.2 Å². The zero-order valence-electron chi connectivity index (χ0n) is 15.0. The van der Waals surface area contributed by atoms with Crippen LogP contribution in [0.25, 0.3) is 16.8 Å². The van der Waals surface area contributed by atoms with Gasteiger partial charge < -0.3 is 9.15 Å². The van der Waals surface area contributed by atoms with Crippen LogP contribution in [-0.2, 0) is 16.1 Å². The number of rotatable bonds is 4. The van der Waals surface area contributed by atoms with Gasteiger partial charge in [0.15, 0.2) is 0 Å². The van der Waals surface area contributed by atoms with Crippen molar-refractivity contribution in [2.45, 2.75) is 6.54 Å². The first-order valence-electron chi connectivity index (χ1n) is 8.55. The highest BCUT2D eigenvalue weighted by Crippen LogP contribution is 2.31. The molecule has 0 saturated carbocycles. The standard InChI is InChI=1S/C21H16N2O5/c1-27-18-9-8-13-5-2-3-7-15(13)16(18)11-17-19(24)22-21(26)23(20(17)25)12-14-6-4-10-28-14/h2-11H,12H2,1H3,(H,22,24,26)/b17-11+. The van der Waals surface area contributed by atoms with Crippen molar-refractivity contribution in [2.75, 3.05) is 7.11 Å². The van der Waals surface area contributed by atoms with E-state index in [-0.39, 0.29) is 12.1 Å². The normalized spacial score (nSPS) is 16.0. The van der Waals surface area contributed by atoms with Crippen LogP contribution in [0.2, 0.25) is 0 Å². The van der Waals surface area contributed by atoms with Crippen LogP contribution in [0.15, 0.2) is 64.8 Å². The van der Waals surface area contributed by atoms with Crippen LogP contribution >= 0.6 is 0 Å². The van der Waals surface area contributed by atoms with E-state index in [1.807, 2.05) is 30.3 Å². The molecule has 0 spiro atoms. The van der Waals surface area contributed by atoms with Crippen molar-refractivity contribution in [3.8, 4) is 5.75 Å². The van der Waals surface area contributed by atoms with Gasteiger partial charge in [0.2, 0.25) is 0 Å². The van der Waals surface area contributed by atoms with Gasteiger partial charge in [0.05, 0.1) is 19.9 Å². The molecule has 1 aliphatic heterocycles. The lowest BCUT2D eigenvalue weighted by Gasteiger charge is -2.25. The molecule has 4 amide bonds. The first kappa shape index (κ1) is 17.5. The highest BCUT2D eigenvalue weighted by atomic mass is 16.5. The Morgan fingerprint density at radius 1 is 1.07 bits per heavy atom. The highest BCUT2D eigenvalue weighted by molar-refractivity contribution is 6.31. The molecule has 2 heterocycles. The summed E-state index contributed by atoms with van der Waals surface area (Å²) in [7, 11) is 1.52. The van der Waals surface area contributed by atoms with Crippen LogP contribution in [0.1, 0.15) is 11.3 Å². The van der Waals surface area contributed by atoms with Crippen LogP contribution in [0.5, 0.6) is 5.75 Å². The molecule has 28 heavy (non-hydrogen) atoms. The summed E-state index contributed by atoms with van der Waals surface area (Å²) in [6, 6.07) is 13.7. The average molecular weight is 376 g/mol. The third kappa shape index (κ3) is 3.03. The Labute approximate surface area is 160 Å². The van der Waals surface area contributed by atoms with E-state index in [4.69, 9.17) is 9.15 Å². The number of furan rings is 1. The number of carbonyl (C=O) groups is 3. The van der Waals surface area contributed by atoms with Gasteiger partial charge >= 0.3 is 6.03 Å². The monoisotopic (exact) mass is 376 g/mol. The number of fused-ring (bicyclic) bond motifs is 1. The fourth-order valence-corrected chi connectivity index (χ4v) is 3.14. The average Bonchev–Trinajstić information content (AvgIpc) is 3.21. The first-order chi connectivity index (χ1) is 13.6. The molecular weight excluding hydrogens is 360 g/mol. The van der Waals surface area contributed by atoms with Crippen molar-refractivity contribution in [1.29, 1.82) is 0 Å². The highest BCUT2D eigenvalue weighted by Gasteiger charge is 2.36. The third-order valence-corrected chi connectivity index (χ3v) is 4.52. The Hall–Kier alpha value is -3.87. The molecule has 1 aliphatic rings. The summed E-state index contributed by atoms with van der Waals surface area (Å²) in [6.45, 7) is -0.0744. The number of nitrogens with one attached hydrogen (secondary N) is 1. The Morgan fingerprint density at radius 2 is 1.89 bits per heavy atom. The van der Waals surface area contributed by atoms with Crippen molar-refractivity contribution in [2.24, 2.45) is 0 Å². The predicted octanol–water partition coefficient (Wildman–Crippen LogP) is 3.10. The minimum atomic E-state index is -0.784. The Balaban J connectivity index is 1.80. The van der Waals surface area contributed by atoms with Crippen LogP contribution in [0, 0.1) is 0 Å². The van der Waals surface area contributed by atoms with Gasteiger partial charge in [-0.15, -0.1) is 0 Å². The quantitative estimate of drug-likeness (QED) is 0.558. The van der Waals surface area contributed by atoms with Gasteiger partial charge in [-0.25, -0.2) is 4.79 Å². The molecule has 1 aromatic heterocycles. The fourth-order valence-electron chi connectivity index (χ4n) is 3.14. The van der Waals surface area contributed by atoms with E-state index in [2.05, 4.69) is 5.32 Å². The number of urea groups is 1. The number of imide groups is 2. The molecule has 1 fully saturated rings. The molecule has 0 bridgehead atoms. The summed E-state index contributed by atoms with van der Waals surface area (Å²) in [4.78, 5) is 38.4. The number of ether oxygens (including phenoxy) is 1. The van der Waals surface area contributed by atoms with Crippen molar-refractivity contribution in [3.63, 3.8) is 0 Å². The van der Waals surface area contributed by atoms with E-state index in [1.165, 1.54) is 19.4 Å². The number of barbiturate groups is 1. The molecule has 1 saturated heterocycles. The molecule has 0 aliphatic carbocycles. The fraction of sp³-hybridized carbons (Fsp3) is 0.0952. The summed E-state index contributed by atoms with van der Waals surface area (Å²) < 4.78 is 10.6. The summed E-state index contributed by atoms with van der Waals surface area (Å²) in [5, 5.41) is 3.96. The van der Waals surface area contributed by atoms with E-state index < -0.39 is 17.8 Å². The number of hydrogen-bond donors (Lipinski definition) is 1. The number of amides is 4. The zero-order valence-corrected chi connectivity index (χ0v) is 15.0. The lowest BCUT2D eigenvalue weighted by Crippen LogP contribution is -2.53. The molecule has 7 heteroatoms. The number of hydrogen-bond acceptors (Lipinski definition) is 5.